The van der Waals surface area contributed by atoms with E-state index in [1.807, 2.05) is 18.2 Å². The molecule has 1 aliphatic carbocycles. The first kappa shape index (κ1) is 35.9. The summed E-state index contributed by atoms with van der Waals surface area (Å²) in [7, 11) is 0. The summed E-state index contributed by atoms with van der Waals surface area (Å²) >= 11 is 0. The van der Waals surface area contributed by atoms with Crippen molar-refractivity contribution in [2.45, 2.75) is 69.4 Å². The van der Waals surface area contributed by atoms with Gasteiger partial charge in [-0.1, -0.05) is 55.1 Å². The Bertz CT molecular complexity index is 2010. The number of carbonyl (C=O) groups excluding carboxylic acids is 2. The summed E-state index contributed by atoms with van der Waals surface area (Å²) in [6.45, 7) is 8.97. The van der Waals surface area contributed by atoms with Gasteiger partial charge in [-0.3, -0.25) is 14.5 Å². The first-order valence-corrected chi connectivity index (χ1v) is 19.5. The van der Waals surface area contributed by atoms with Crippen molar-refractivity contribution in [2.24, 2.45) is 0 Å². The normalized spacial score (nSPS) is 21.5. The summed E-state index contributed by atoms with van der Waals surface area (Å²) in [5.41, 5.74) is 7.48. The van der Waals surface area contributed by atoms with Crippen molar-refractivity contribution in [3.8, 4) is 11.5 Å². The first-order valence-electron chi connectivity index (χ1n) is 19.5. The topological polar surface area (TPSA) is 85.4 Å². The number of allylic oxidation sites excluding steroid dienone is 1. The predicted octanol–water partition coefficient (Wildman–Crippen LogP) is 7.51. The van der Waals surface area contributed by atoms with Gasteiger partial charge in [-0.15, -0.1) is 0 Å². The van der Waals surface area contributed by atoms with Crippen LogP contribution in [-0.2, 0) is 17.8 Å². The highest BCUT2D eigenvalue weighted by molar-refractivity contribution is 6.02. The van der Waals surface area contributed by atoms with Crippen LogP contribution in [0.2, 0.25) is 0 Å². The minimum atomic E-state index is -0.555. The molecule has 8 rings (SSSR count). The second-order valence-electron chi connectivity index (χ2n) is 15.3. The van der Waals surface area contributed by atoms with Crippen LogP contribution in [0.15, 0.2) is 97.2 Å². The number of hydrogen-bond acceptors (Lipinski definition) is 6. The summed E-state index contributed by atoms with van der Waals surface area (Å²) < 4.78 is 21.5. The molecule has 4 aliphatic rings. The molecule has 2 amide bonds. The standard InChI is InChI=1S/C45H49FN4O4/c1-30-10-19-41(44(52)47-30)50-29-34-27-42(40(46)28-39(34)45(50)53)49-23-21-48(22-24-49)20-6-3-7-25-54-36-15-11-32(12-16-36)43-37(31-8-4-2-5-9-31)17-13-33-26-35(51)14-18-38(33)43/h2,4-5,8-9,11-12,14-16,18,26-28,37,41,43,51H,1,3,6-7,10,13,17,19-25,29H2,(H,47,52)/t37-,41?,43+/m1/s1. The Hall–Kier alpha value is -5.15. The zero-order valence-corrected chi connectivity index (χ0v) is 30.8. The summed E-state index contributed by atoms with van der Waals surface area (Å²) in [5.74, 6) is 0.920. The summed E-state index contributed by atoms with van der Waals surface area (Å²) in [6, 6.07) is 27.8. The molecule has 0 bridgehead atoms. The number of benzene rings is 4. The third-order valence-electron chi connectivity index (χ3n) is 11.9. The van der Waals surface area contributed by atoms with E-state index in [4.69, 9.17) is 4.74 Å². The molecular formula is C45H49FN4O4. The van der Waals surface area contributed by atoms with Crippen molar-refractivity contribution < 1.29 is 23.8 Å². The Morgan fingerprint density at radius 1 is 0.833 bits per heavy atom. The fourth-order valence-corrected chi connectivity index (χ4v) is 8.96. The number of aromatic hydroxyl groups is 1. The number of piperazine rings is 1. The van der Waals surface area contributed by atoms with Gasteiger partial charge in [0.1, 0.15) is 23.4 Å². The molecule has 2 saturated heterocycles. The van der Waals surface area contributed by atoms with E-state index in [1.165, 1.54) is 28.3 Å². The van der Waals surface area contributed by atoms with Gasteiger partial charge in [-0.25, -0.2) is 4.39 Å². The second-order valence-corrected chi connectivity index (χ2v) is 15.3. The number of ether oxygens (including phenoxy) is 1. The van der Waals surface area contributed by atoms with E-state index >= 15 is 4.39 Å². The Labute approximate surface area is 317 Å². The molecule has 0 radical (unpaired) electrons. The molecule has 8 nitrogen and oxygen atoms in total. The van der Waals surface area contributed by atoms with Gasteiger partial charge in [-0.05, 0) is 122 Å². The number of halogens is 1. The number of aryl methyl sites for hydroxylation is 1. The molecule has 9 heteroatoms. The van der Waals surface area contributed by atoms with Crippen molar-refractivity contribution in [1.29, 1.82) is 0 Å². The minimum Gasteiger partial charge on any atom is -0.508 e. The summed E-state index contributed by atoms with van der Waals surface area (Å²) in [5, 5.41) is 12.9. The van der Waals surface area contributed by atoms with E-state index < -0.39 is 6.04 Å². The third-order valence-corrected chi connectivity index (χ3v) is 11.9. The second kappa shape index (κ2) is 15.7. The monoisotopic (exact) mass is 728 g/mol. The van der Waals surface area contributed by atoms with E-state index in [0.717, 1.165) is 76.1 Å². The fraction of sp³-hybridized carbons (Fsp3) is 0.378. The Morgan fingerprint density at radius 2 is 1.63 bits per heavy atom. The summed E-state index contributed by atoms with van der Waals surface area (Å²) in [4.78, 5) is 31.8. The Kier molecular flexibility index (Phi) is 10.4. The maximum Gasteiger partial charge on any atom is 0.255 e. The Balaban J connectivity index is 0.784. The Morgan fingerprint density at radius 3 is 2.41 bits per heavy atom. The number of carbonyl (C=O) groups is 2. The van der Waals surface area contributed by atoms with Gasteiger partial charge >= 0.3 is 0 Å². The maximum absolute atomic E-state index is 15.4. The molecule has 280 valence electrons. The van der Waals surface area contributed by atoms with E-state index in [2.05, 4.69) is 82.4 Å². The number of unbranched alkanes of at least 4 members (excludes halogenated alkanes) is 2. The number of phenolic OH excluding ortho intramolecular Hbond substituents is 1. The molecule has 4 aromatic carbocycles. The van der Waals surface area contributed by atoms with Crippen molar-refractivity contribution in [3.05, 3.63) is 136 Å². The van der Waals surface area contributed by atoms with Crippen LogP contribution in [0, 0.1) is 5.82 Å². The summed E-state index contributed by atoms with van der Waals surface area (Å²) in [6.07, 6.45) is 6.28. The predicted molar refractivity (Wildman–Crippen MR) is 208 cm³/mol. The fourth-order valence-electron chi connectivity index (χ4n) is 8.96. The minimum absolute atomic E-state index is 0.218. The smallest absolute Gasteiger partial charge is 0.255 e. The third kappa shape index (κ3) is 7.47. The number of nitrogens with zero attached hydrogens (tertiary/aromatic N) is 3. The van der Waals surface area contributed by atoms with Gasteiger partial charge < -0.3 is 25.0 Å². The van der Waals surface area contributed by atoms with Crippen LogP contribution in [0.3, 0.4) is 0 Å². The van der Waals surface area contributed by atoms with Gasteiger partial charge in [0.2, 0.25) is 5.91 Å². The number of hydrogen-bond donors (Lipinski definition) is 2. The largest absolute Gasteiger partial charge is 0.508 e. The number of amides is 2. The zero-order chi connectivity index (χ0) is 37.2. The highest BCUT2D eigenvalue weighted by Crippen LogP contribution is 2.47. The number of rotatable bonds is 11. The van der Waals surface area contributed by atoms with Crippen molar-refractivity contribution >= 4 is 17.5 Å². The van der Waals surface area contributed by atoms with Crippen molar-refractivity contribution in [2.75, 3.05) is 44.2 Å². The molecular weight excluding hydrogens is 680 g/mol. The lowest BCUT2D eigenvalue weighted by atomic mass is 9.69. The first-order chi connectivity index (χ1) is 26.3. The van der Waals surface area contributed by atoms with E-state index in [1.54, 1.807) is 4.90 Å². The van der Waals surface area contributed by atoms with Crippen LogP contribution in [-0.4, -0.2) is 72.1 Å². The number of anilines is 1. The van der Waals surface area contributed by atoms with E-state index in [9.17, 15) is 14.7 Å². The lowest BCUT2D eigenvalue weighted by Crippen LogP contribution is -2.49. The molecule has 4 aromatic rings. The average Bonchev–Trinajstić information content (AvgIpc) is 3.50. The van der Waals surface area contributed by atoms with Crippen LogP contribution in [0.1, 0.15) is 88.5 Å². The highest BCUT2D eigenvalue weighted by Gasteiger charge is 2.39. The van der Waals surface area contributed by atoms with Gasteiger partial charge in [-0.2, -0.15) is 0 Å². The molecule has 2 fully saturated rings. The SMILES string of the molecule is C=C1CCC(N2Cc3cc(N4CCN(CCCCCOc5ccc([C@@H]6c7ccc(O)cc7CC[C@@H]6c6ccccc6)cc5)CC4)c(F)cc3C2=O)C(=O)N1. The molecule has 54 heavy (non-hydrogen) atoms. The number of nitrogens with one attached hydrogen (secondary N) is 1. The molecule has 3 aliphatic heterocycles. The van der Waals surface area contributed by atoms with E-state index in [0.29, 0.717) is 54.6 Å². The quantitative estimate of drug-likeness (QED) is 0.156. The van der Waals surface area contributed by atoms with Gasteiger partial charge in [0.15, 0.2) is 0 Å². The van der Waals surface area contributed by atoms with Crippen LogP contribution >= 0.6 is 0 Å². The molecule has 3 atom stereocenters. The van der Waals surface area contributed by atoms with Gasteiger partial charge in [0, 0.05) is 49.9 Å². The van der Waals surface area contributed by atoms with Crippen molar-refractivity contribution in [3.63, 3.8) is 0 Å². The van der Waals surface area contributed by atoms with Crippen LogP contribution in [0.5, 0.6) is 11.5 Å². The van der Waals surface area contributed by atoms with E-state index in [-0.39, 0.29) is 23.5 Å². The maximum atomic E-state index is 15.4. The van der Waals surface area contributed by atoms with Gasteiger partial charge in [0.25, 0.3) is 5.91 Å². The van der Waals surface area contributed by atoms with Gasteiger partial charge in [0.05, 0.1) is 12.3 Å². The van der Waals surface area contributed by atoms with Crippen LogP contribution < -0.4 is 15.0 Å². The van der Waals surface area contributed by atoms with Crippen LogP contribution in [0.25, 0.3) is 0 Å². The number of fused-ring (bicyclic) bond motifs is 2. The molecule has 2 N–H and O–H groups in total. The average molecular weight is 729 g/mol. The lowest BCUT2D eigenvalue weighted by molar-refractivity contribution is -0.126. The molecule has 0 spiro atoms. The molecule has 0 saturated carbocycles. The highest BCUT2D eigenvalue weighted by atomic mass is 19.1. The molecule has 3 heterocycles. The molecule has 0 aromatic heterocycles. The molecule has 1 unspecified atom stereocenters. The van der Waals surface area contributed by atoms with Crippen molar-refractivity contribution in [1.82, 2.24) is 15.1 Å². The van der Waals surface area contributed by atoms with Crippen LogP contribution in [0.4, 0.5) is 10.1 Å². The zero-order valence-electron chi connectivity index (χ0n) is 30.8. The number of phenols is 1. The lowest BCUT2D eigenvalue weighted by Gasteiger charge is -2.36. The number of piperidine rings is 1.